The van der Waals surface area contributed by atoms with E-state index in [9.17, 15) is 0 Å². The molecule has 1 aromatic heterocycles. The van der Waals surface area contributed by atoms with E-state index in [4.69, 9.17) is 27.9 Å². The molecule has 5 heteroatoms. The van der Waals surface area contributed by atoms with E-state index in [1.54, 1.807) is 18.3 Å². The van der Waals surface area contributed by atoms with Crippen molar-refractivity contribution < 1.29 is 4.74 Å². The van der Waals surface area contributed by atoms with Gasteiger partial charge in [-0.05, 0) is 36.7 Å². The molecule has 2 rings (SSSR count). The number of benzene rings is 1. The minimum absolute atomic E-state index is 0.360. The van der Waals surface area contributed by atoms with Gasteiger partial charge in [-0.1, -0.05) is 42.3 Å². The number of aromatic nitrogens is 1. The van der Waals surface area contributed by atoms with Crippen molar-refractivity contribution in [3.63, 3.8) is 0 Å². The first kappa shape index (κ1) is 15.1. The zero-order valence-corrected chi connectivity index (χ0v) is 12.7. The van der Waals surface area contributed by atoms with Crippen LogP contribution in [0.5, 0.6) is 11.6 Å². The van der Waals surface area contributed by atoms with Crippen LogP contribution >= 0.6 is 23.2 Å². The Balaban J connectivity index is 2.08. The second-order valence-corrected chi connectivity index (χ2v) is 5.15. The molecule has 0 fully saturated rings. The molecule has 0 bridgehead atoms. The third-order valence-electron chi connectivity index (χ3n) is 2.66. The minimum atomic E-state index is 0.360. The largest absolute Gasteiger partial charge is 0.436 e. The summed E-state index contributed by atoms with van der Waals surface area (Å²) in [6.45, 7) is 3.83. The fourth-order valence-corrected chi connectivity index (χ4v) is 2.08. The van der Waals surface area contributed by atoms with Gasteiger partial charge in [0.05, 0.1) is 5.02 Å². The van der Waals surface area contributed by atoms with E-state index >= 15 is 0 Å². The quantitative estimate of drug-likeness (QED) is 0.787. The van der Waals surface area contributed by atoms with Gasteiger partial charge in [0.1, 0.15) is 10.8 Å². The standard InChI is InChI=1S/C15H16Cl2N2O/c1-2-7-18-9-11-8-13(17)15(19-10-11)20-14-6-4-3-5-12(14)16/h3-6,8,10,18H,2,7,9H2,1H3. The van der Waals surface area contributed by atoms with Crippen LogP contribution in [0.25, 0.3) is 0 Å². The molecule has 0 radical (unpaired) electrons. The second-order valence-electron chi connectivity index (χ2n) is 4.34. The number of rotatable bonds is 6. The number of hydrogen-bond acceptors (Lipinski definition) is 3. The number of nitrogens with zero attached hydrogens (tertiary/aromatic N) is 1. The summed E-state index contributed by atoms with van der Waals surface area (Å²) < 4.78 is 5.63. The highest BCUT2D eigenvalue weighted by Gasteiger charge is 2.08. The lowest BCUT2D eigenvalue weighted by Gasteiger charge is -2.09. The summed E-state index contributed by atoms with van der Waals surface area (Å²) in [6.07, 6.45) is 2.84. The molecule has 0 aliphatic carbocycles. The van der Waals surface area contributed by atoms with Crippen molar-refractivity contribution in [2.75, 3.05) is 6.54 Å². The Hall–Kier alpha value is -1.29. The summed E-state index contributed by atoms with van der Waals surface area (Å²) >= 11 is 12.2. The van der Waals surface area contributed by atoms with Crippen molar-refractivity contribution in [3.05, 3.63) is 52.1 Å². The molecule has 1 aromatic carbocycles. The van der Waals surface area contributed by atoms with E-state index in [0.717, 1.165) is 25.1 Å². The number of ether oxygens (including phenoxy) is 1. The van der Waals surface area contributed by atoms with Gasteiger partial charge in [0.25, 0.3) is 0 Å². The summed E-state index contributed by atoms with van der Waals surface area (Å²) in [4.78, 5) is 4.24. The summed E-state index contributed by atoms with van der Waals surface area (Å²) in [5.41, 5.74) is 1.02. The molecule has 0 aliphatic heterocycles. The van der Waals surface area contributed by atoms with Gasteiger partial charge >= 0.3 is 0 Å². The van der Waals surface area contributed by atoms with E-state index in [0.29, 0.717) is 21.7 Å². The molecule has 0 saturated carbocycles. The van der Waals surface area contributed by atoms with Crippen molar-refractivity contribution in [2.45, 2.75) is 19.9 Å². The third kappa shape index (κ3) is 4.10. The zero-order valence-electron chi connectivity index (χ0n) is 11.2. The molecular weight excluding hydrogens is 295 g/mol. The SMILES string of the molecule is CCCNCc1cnc(Oc2ccccc2Cl)c(Cl)c1. The molecule has 0 amide bonds. The number of hydrogen-bond donors (Lipinski definition) is 1. The lowest BCUT2D eigenvalue weighted by molar-refractivity contribution is 0.463. The molecule has 1 N–H and O–H groups in total. The number of pyridine rings is 1. The Morgan fingerprint density at radius 1 is 1.20 bits per heavy atom. The Kier molecular flexibility index (Phi) is 5.65. The van der Waals surface area contributed by atoms with Gasteiger partial charge in [-0.25, -0.2) is 4.98 Å². The maximum Gasteiger partial charge on any atom is 0.238 e. The predicted molar refractivity (Wildman–Crippen MR) is 82.8 cm³/mol. The van der Waals surface area contributed by atoms with Gasteiger partial charge in [0, 0.05) is 12.7 Å². The van der Waals surface area contributed by atoms with Crippen molar-refractivity contribution in [1.29, 1.82) is 0 Å². The van der Waals surface area contributed by atoms with Crippen LogP contribution in [0.1, 0.15) is 18.9 Å². The van der Waals surface area contributed by atoms with Crippen LogP contribution in [0.2, 0.25) is 10.0 Å². The van der Waals surface area contributed by atoms with Crippen LogP contribution in [0, 0.1) is 0 Å². The summed E-state index contributed by atoms with van der Waals surface area (Å²) in [6, 6.07) is 9.07. The average Bonchev–Trinajstić information content (AvgIpc) is 2.44. The van der Waals surface area contributed by atoms with E-state index in [2.05, 4.69) is 17.2 Å². The van der Waals surface area contributed by atoms with Crippen LogP contribution < -0.4 is 10.1 Å². The number of halogens is 2. The topological polar surface area (TPSA) is 34.2 Å². The van der Waals surface area contributed by atoms with Crippen molar-refractivity contribution in [3.8, 4) is 11.6 Å². The molecule has 0 aliphatic rings. The fraction of sp³-hybridized carbons (Fsp3) is 0.267. The van der Waals surface area contributed by atoms with E-state index < -0.39 is 0 Å². The highest BCUT2D eigenvalue weighted by Crippen LogP contribution is 2.31. The van der Waals surface area contributed by atoms with Gasteiger partial charge in [0.2, 0.25) is 5.88 Å². The Bertz CT molecular complexity index is 576. The molecule has 0 atom stereocenters. The zero-order chi connectivity index (χ0) is 14.4. The van der Waals surface area contributed by atoms with Crippen LogP contribution in [-0.4, -0.2) is 11.5 Å². The minimum Gasteiger partial charge on any atom is -0.436 e. The van der Waals surface area contributed by atoms with E-state index in [1.165, 1.54) is 0 Å². The summed E-state index contributed by atoms with van der Waals surface area (Å²) in [7, 11) is 0. The highest BCUT2D eigenvalue weighted by molar-refractivity contribution is 6.32. The van der Waals surface area contributed by atoms with Crippen LogP contribution in [0.4, 0.5) is 0 Å². The van der Waals surface area contributed by atoms with Gasteiger partial charge in [-0.15, -0.1) is 0 Å². The van der Waals surface area contributed by atoms with E-state index in [-0.39, 0.29) is 0 Å². The van der Waals surface area contributed by atoms with Gasteiger partial charge in [-0.3, -0.25) is 0 Å². The summed E-state index contributed by atoms with van der Waals surface area (Å²) in [5.74, 6) is 0.902. The fourth-order valence-electron chi connectivity index (χ4n) is 1.68. The lowest BCUT2D eigenvalue weighted by Crippen LogP contribution is -2.13. The Morgan fingerprint density at radius 3 is 2.70 bits per heavy atom. The van der Waals surface area contributed by atoms with Crippen molar-refractivity contribution in [1.82, 2.24) is 10.3 Å². The number of para-hydroxylation sites is 1. The molecule has 0 unspecified atom stereocenters. The molecular formula is C15H16Cl2N2O. The van der Waals surface area contributed by atoms with Crippen molar-refractivity contribution in [2.24, 2.45) is 0 Å². The second kappa shape index (κ2) is 7.48. The summed E-state index contributed by atoms with van der Waals surface area (Å²) in [5, 5.41) is 4.30. The Morgan fingerprint density at radius 2 is 2.00 bits per heavy atom. The first-order valence-electron chi connectivity index (χ1n) is 6.48. The maximum absolute atomic E-state index is 6.19. The molecule has 20 heavy (non-hydrogen) atoms. The monoisotopic (exact) mass is 310 g/mol. The van der Waals surface area contributed by atoms with Gasteiger partial charge in [0.15, 0.2) is 0 Å². The lowest BCUT2D eigenvalue weighted by atomic mass is 10.3. The molecule has 106 valence electrons. The van der Waals surface area contributed by atoms with Crippen LogP contribution in [-0.2, 0) is 6.54 Å². The van der Waals surface area contributed by atoms with Gasteiger partial charge in [-0.2, -0.15) is 0 Å². The number of nitrogens with one attached hydrogen (secondary N) is 1. The first-order valence-corrected chi connectivity index (χ1v) is 7.24. The Labute approximate surface area is 128 Å². The molecule has 1 heterocycles. The maximum atomic E-state index is 6.19. The normalized spacial score (nSPS) is 10.6. The highest BCUT2D eigenvalue weighted by atomic mass is 35.5. The predicted octanol–water partition coefficient (Wildman–Crippen LogP) is 4.68. The van der Waals surface area contributed by atoms with E-state index in [1.807, 2.05) is 18.2 Å². The molecule has 2 aromatic rings. The van der Waals surface area contributed by atoms with Crippen LogP contribution in [0.15, 0.2) is 36.5 Å². The van der Waals surface area contributed by atoms with Crippen LogP contribution in [0.3, 0.4) is 0 Å². The first-order chi connectivity index (χ1) is 9.70. The average molecular weight is 311 g/mol. The molecule has 0 spiro atoms. The molecule has 0 saturated heterocycles. The van der Waals surface area contributed by atoms with Crippen molar-refractivity contribution >= 4 is 23.2 Å². The third-order valence-corrected chi connectivity index (χ3v) is 3.25. The smallest absolute Gasteiger partial charge is 0.238 e. The van der Waals surface area contributed by atoms with Gasteiger partial charge < -0.3 is 10.1 Å². The molecule has 3 nitrogen and oxygen atoms in total.